The number of anilines is 1. The lowest BCUT2D eigenvalue weighted by Crippen LogP contribution is -2.14. The van der Waals surface area contributed by atoms with E-state index in [9.17, 15) is 4.79 Å². The number of nitrogens with one attached hydrogen (secondary N) is 1. The van der Waals surface area contributed by atoms with Gasteiger partial charge in [-0.25, -0.2) is 0 Å². The molecule has 0 saturated heterocycles. The highest BCUT2D eigenvalue weighted by atomic mass is 16.5. The molecule has 1 atom stereocenters. The van der Waals surface area contributed by atoms with Crippen LogP contribution in [0, 0.1) is 0 Å². The molecule has 1 aromatic heterocycles. The van der Waals surface area contributed by atoms with Gasteiger partial charge < -0.3 is 14.8 Å². The summed E-state index contributed by atoms with van der Waals surface area (Å²) < 4.78 is 12.4. The summed E-state index contributed by atoms with van der Waals surface area (Å²) in [7, 11) is 3.24. The van der Waals surface area contributed by atoms with E-state index in [0.717, 1.165) is 22.7 Å². The maximum absolute atomic E-state index is 12.1. The Morgan fingerprint density at radius 1 is 1.11 bits per heavy atom. The third-order valence-corrected chi connectivity index (χ3v) is 4.26. The Bertz CT molecular complexity index is 938. The van der Waals surface area contributed by atoms with Gasteiger partial charge in [-0.2, -0.15) is 4.68 Å². The monoisotopic (exact) mass is 366 g/mol. The van der Waals surface area contributed by atoms with Crippen molar-refractivity contribution in [2.75, 3.05) is 19.5 Å². The van der Waals surface area contributed by atoms with Crippen molar-refractivity contribution in [2.45, 2.75) is 19.9 Å². The van der Waals surface area contributed by atoms with Crippen LogP contribution in [0.3, 0.4) is 0 Å². The molecule has 0 aliphatic carbocycles. The van der Waals surface area contributed by atoms with Gasteiger partial charge in [0.1, 0.15) is 11.5 Å². The van der Waals surface area contributed by atoms with Gasteiger partial charge in [-0.05, 0) is 37.3 Å². The quantitative estimate of drug-likeness (QED) is 0.643. The minimum atomic E-state index is -0.186. The Labute approximate surface area is 157 Å². The molecule has 0 bridgehead atoms. The zero-order chi connectivity index (χ0) is 19.4. The normalized spacial score (nSPS) is 11.7. The Kier molecular flexibility index (Phi) is 5.40. The molecule has 0 amide bonds. The predicted molar refractivity (Wildman–Crippen MR) is 103 cm³/mol. The van der Waals surface area contributed by atoms with E-state index in [0.29, 0.717) is 5.82 Å². The van der Waals surface area contributed by atoms with Crippen LogP contribution in [-0.2, 0) is 0 Å². The molecule has 0 spiro atoms. The molecule has 3 rings (SSSR count). The highest BCUT2D eigenvalue weighted by molar-refractivity contribution is 5.97. The summed E-state index contributed by atoms with van der Waals surface area (Å²) >= 11 is 0. The third-order valence-electron chi connectivity index (χ3n) is 4.26. The topological polar surface area (TPSA) is 78.3 Å². The molecule has 0 aliphatic rings. The van der Waals surface area contributed by atoms with Crippen LogP contribution in [-0.4, -0.2) is 35.0 Å². The highest BCUT2D eigenvalue weighted by Crippen LogP contribution is 2.32. The number of methoxy groups -OCH3 is 2. The van der Waals surface area contributed by atoms with Crippen LogP contribution < -0.4 is 14.8 Å². The number of aromatic nitrogens is 3. The van der Waals surface area contributed by atoms with E-state index >= 15 is 0 Å². The van der Waals surface area contributed by atoms with Gasteiger partial charge in [-0.3, -0.25) is 4.79 Å². The van der Waals surface area contributed by atoms with Crippen LogP contribution in [0.5, 0.6) is 11.5 Å². The lowest BCUT2D eigenvalue weighted by Gasteiger charge is -2.20. The zero-order valence-corrected chi connectivity index (χ0v) is 15.8. The van der Waals surface area contributed by atoms with Crippen molar-refractivity contribution in [3.8, 4) is 17.2 Å². The Hall–Kier alpha value is -3.35. The van der Waals surface area contributed by atoms with Gasteiger partial charge in [0, 0.05) is 12.5 Å². The predicted octanol–water partition coefficient (Wildman–Crippen LogP) is 3.66. The fourth-order valence-corrected chi connectivity index (χ4v) is 2.86. The highest BCUT2D eigenvalue weighted by Gasteiger charge is 2.21. The third kappa shape index (κ3) is 3.76. The Morgan fingerprint density at radius 3 is 2.48 bits per heavy atom. The van der Waals surface area contributed by atoms with Crippen molar-refractivity contribution in [3.63, 3.8) is 0 Å². The first-order chi connectivity index (χ1) is 13.0. The Balaban J connectivity index is 2.02. The number of ether oxygens (including phenoxy) is 2. The first-order valence-electron chi connectivity index (χ1n) is 8.55. The molecule has 0 radical (unpaired) electrons. The number of rotatable bonds is 7. The summed E-state index contributed by atoms with van der Waals surface area (Å²) in [6.45, 7) is 3.45. The van der Waals surface area contributed by atoms with Crippen molar-refractivity contribution >= 4 is 11.6 Å². The molecule has 27 heavy (non-hydrogen) atoms. The van der Waals surface area contributed by atoms with E-state index in [1.54, 1.807) is 18.9 Å². The van der Waals surface area contributed by atoms with Gasteiger partial charge in [-0.15, -0.1) is 5.10 Å². The number of nitrogens with zero attached hydrogens (tertiary/aromatic N) is 3. The fraction of sp³-hybridized carbons (Fsp3) is 0.250. The number of hydrogen-bond donors (Lipinski definition) is 1. The molecule has 2 aromatic carbocycles. The SMILES string of the molecule is COc1ccc(OC)c(C(C)Nc2c(C(C)=O)nnn2-c2ccccc2)c1. The first kappa shape index (κ1) is 18.4. The number of carbonyl (C=O) groups is 1. The van der Waals surface area contributed by atoms with Crippen molar-refractivity contribution in [2.24, 2.45) is 0 Å². The summed E-state index contributed by atoms with van der Waals surface area (Å²) in [5.74, 6) is 1.82. The number of ketones is 1. The van der Waals surface area contributed by atoms with E-state index in [1.807, 2.05) is 55.5 Å². The average molecular weight is 366 g/mol. The maximum Gasteiger partial charge on any atom is 0.183 e. The second-order valence-electron chi connectivity index (χ2n) is 6.06. The van der Waals surface area contributed by atoms with Gasteiger partial charge in [0.2, 0.25) is 0 Å². The molecule has 0 fully saturated rings. The standard InChI is InChI=1S/C20H22N4O3/c1-13(17-12-16(26-3)10-11-18(17)27-4)21-20-19(14(2)25)22-23-24(20)15-8-6-5-7-9-15/h5-13,21H,1-4H3. The zero-order valence-electron chi connectivity index (χ0n) is 15.8. The smallest absolute Gasteiger partial charge is 0.183 e. The summed E-state index contributed by atoms with van der Waals surface area (Å²) in [6, 6.07) is 14.9. The molecule has 0 aliphatic heterocycles. The van der Waals surface area contributed by atoms with Crippen LogP contribution in [0.4, 0.5) is 5.82 Å². The molecule has 7 heteroatoms. The maximum atomic E-state index is 12.1. The van der Waals surface area contributed by atoms with Crippen molar-refractivity contribution < 1.29 is 14.3 Å². The number of carbonyl (C=O) groups excluding carboxylic acids is 1. The number of hydrogen-bond acceptors (Lipinski definition) is 6. The van der Waals surface area contributed by atoms with Crippen molar-refractivity contribution in [3.05, 3.63) is 59.8 Å². The van der Waals surface area contributed by atoms with Crippen LogP contribution in [0.15, 0.2) is 48.5 Å². The van der Waals surface area contributed by atoms with Crippen LogP contribution in [0.2, 0.25) is 0 Å². The first-order valence-corrected chi connectivity index (χ1v) is 8.55. The molecule has 0 saturated carbocycles. The van der Waals surface area contributed by atoms with Crippen LogP contribution >= 0.6 is 0 Å². The van der Waals surface area contributed by atoms with Crippen molar-refractivity contribution in [1.82, 2.24) is 15.0 Å². The van der Waals surface area contributed by atoms with Gasteiger partial charge in [0.15, 0.2) is 17.3 Å². The minimum absolute atomic E-state index is 0.163. The van der Waals surface area contributed by atoms with E-state index < -0.39 is 0 Å². The van der Waals surface area contributed by atoms with E-state index in [2.05, 4.69) is 15.6 Å². The summed E-state index contributed by atoms with van der Waals surface area (Å²) in [6.07, 6.45) is 0. The van der Waals surface area contributed by atoms with Gasteiger partial charge in [0.05, 0.1) is 25.9 Å². The fourth-order valence-electron chi connectivity index (χ4n) is 2.86. The second kappa shape index (κ2) is 7.90. The average Bonchev–Trinajstić information content (AvgIpc) is 3.11. The second-order valence-corrected chi connectivity index (χ2v) is 6.06. The summed E-state index contributed by atoms with van der Waals surface area (Å²) in [5.41, 5.74) is 1.99. The summed E-state index contributed by atoms with van der Waals surface area (Å²) in [4.78, 5) is 12.1. The van der Waals surface area contributed by atoms with E-state index in [4.69, 9.17) is 9.47 Å². The van der Waals surface area contributed by atoms with Gasteiger partial charge in [0.25, 0.3) is 0 Å². The summed E-state index contributed by atoms with van der Waals surface area (Å²) in [5, 5.41) is 11.6. The van der Waals surface area contributed by atoms with Gasteiger partial charge >= 0.3 is 0 Å². The molecule has 3 aromatic rings. The number of benzene rings is 2. The lowest BCUT2D eigenvalue weighted by atomic mass is 10.1. The molecule has 7 nitrogen and oxygen atoms in total. The molecular formula is C20H22N4O3. The largest absolute Gasteiger partial charge is 0.497 e. The van der Waals surface area contributed by atoms with Crippen molar-refractivity contribution in [1.29, 1.82) is 0 Å². The molecule has 1 heterocycles. The molecule has 1 unspecified atom stereocenters. The van der Waals surface area contributed by atoms with Crippen LogP contribution in [0.1, 0.15) is 35.9 Å². The molecule has 140 valence electrons. The Morgan fingerprint density at radius 2 is 1.85 bits per heavy atom. The van der Waals surface area contributed by atoms with Crippen LogP contribution in [0.25, 0.3) is 5.69 Å². The van der Waals surface area contributed by atoms with E-state index in [1.165, 1.54) is 6.92 Å². The molecule has 1 N–H and O–H groups in total. The van der Waals surface area contributed by atoms with Gasteiger partial charge in [-0.1, -0.05) is 23.4 Å². The molecular weight excluding hydrogens is 344 g/mol. The minimum Gasteiger partial charge on any atom is -0.497 e. The lowest BCUT2D eigenvalue weighted by molar-refractivity contribution is 0.101. The number of para-hydroxylation sites is 1. The van der Waals surface area contributed by atoms with E-state index in [-0.39, 0.29) is 17.5 Å². The number of Topliss-reactive ketones (excluding diaryl/α,β-unsaturated/α-hetero) is 1.